The number of anilines is 1. The number of rotatable bonds is 5. The number of amides is 1. The molecule has 0 bridgehead atoms. The van der Waals surface area contributed by atoms with Crippen LogP contribution in [-0.4, -0.2) is 20.4 Å². The Kier molecular flexibility index (Phi) is 5.77. The van der Waals surface area contributed by atoms with Gasteiger partial charge in [0.1, 0.15) is 29.2 Å². The van der Waals surface area contributed by atoms with Gasteiger partial charge in [0.25, 0.3) is 11.6 Å². The molecule has 0 radical (unpaired) electrons. The monoisotopic (exact) mass is 476 g/mol. The summed E-state index contributed by atoms with van der Waals surface area (Å²) in [6, 6.07) is 9.21. The molecule has 0 unspecified atom stereocenters. The number of hydrogen-bond donors (Lipinski definition) is 1. The molecule has 0 aliphatic heterocycles. The summed E-state index contributed by atoms with van der Waals surface area (Å²) in [6.07, 6.45) is 2.45. The zero-order chi connectivity index (χ0) is 23.0. The maximum Gasteiger partial charge on any atom is 0.288 e. The smallest absolute Gasteiger partial charge is 0.288 e. The van der Waals surface area contributed by atoms with E-state index in [1.54, 1.807) is 22.8 Å². The van der Waals surface area contributed by atoms with Crippen molar-refractivity contribution in [3.8, 4) is 0 Å². The average Bonchev–Trinajstić information content (AvgIpc) is 3.10. The number of carbonyl (C=O) groups excluding carboxylic acids is 1. The van der Waals surface area contributed by atoms with E-state index in [1.165, 1.54) is 12.3 Å². The third-order valence-corrected chi connectivity index (χ3v) is 5.30. The third-order valence-electron chi connectivity index (χ3n) is 4.71. The van der Waals surface area contributed by atoms with Gasteiger partial charge in [-0.15, -0.1) is 0 Å². The van der Waals surface area contributed by atoms with Gasteiger partial charge in [0.15, 0.2) is 0 Å². The number of aromatic nitrogens is 2. The molecule has 11 heteroatoms. The molecule has 2 heterocycles. The van der Waals surface area contributed by atoms with E-state index in [-0.39, 0.29) is 28.8 Å². The fourth-order valence-corrected chi connectivity index (χ4v) is 3.66. The van der Waals surface area contributed by atoms with E-state index >= 15 is 0 Å². The molecule has 2 aromatic carbocycles. The molecule has 32 heavy (non-hydrogen) atoms. The highest BCUT2D eigenvalue weighted by Gasteiger charge is 2.22. The molecule has 0 spiro atoms. The minimum Gasteiger partial charge on any atom is -0.327 e. The van der Waals surface area contributed by atoms with E-state index in [0.29, 0.717) is 15.6 Å². The number of carbonyl (C=O) groups is 1. The molecule has 0 aliphatic rings. The van der Waals surface area contributed by atoms with Crippen LogP contribution in [0.4, 0.5) is 20.2 Å². The van der Waals surface area contributed by atoms with E-state index in [4.69, 9.17) is 23.2 Å². The van der Waals surface area contributed by atoms with E-state index < -0.39 is 28.2 Å². The van der Waals surface area contributed by atoms with E-state index in [9.17, 15) is 23.7 Å². The Hall–Kier alpha value is -3.56. The highest BCUT2D eigenvalue weighted by atomic mass is 35.5. The molecule has 0 fully saturated rings. The Labute approximate surface area is 189 Å². The number of pyridine rings is 1. The lowest BCUT2D eigenvalue weighted by atomic mass is 10.2. The van der Waals surface area contributed by atoms with Gasteiger partial charge >= 0.3 is 0 Å². The van der Waals surface area contributed by atoms with Crippen LogP contribution in [-0.2, 0) is 6.54 Å². The summed E-state index contributed by atoms with van der Waals surface area (Å²) in [6.45, 7) is 0.165. The first-order valence-corrected chi connectivity index (χ1v) is 9.82. The first-order chi connectivity index (χ1) is 15.2. The zero-order valence-electron chi connectivity index (χ0n) is 16.0. The van der Waals surface area contributed by atoms with Crippen LogP contribution in [0.15, 0.2) is 54.9 Å². The predicted octanol–water partition coefficient (Wildman–Crippen LogP) is 5.83. The first kappa shape index (κ1) is 21.7. The van der Waals surface area contributed by atoms with Gasteiger partial charge in [0.2, 0.25) is 0 Å². The summed E-state index contributed by atoms with van der Waals surface area (Å²) >= 11 is 12.2. The van der Waals surface area contributed by atoms with Gasteiger partial charge in [-0.2, -0.15) is 0 Å². The van der Waals surface area contributed by atoms with Crippen LogP contribution in [0, 0.1) is 21.7 Å². The highest BCUT2D eigenvalue weighted by Crippen LogP contribution is 2.28. The Morgan fingerprint density at radius 3 is 2.53 bits per heavy atom. The molecule has 4 aromatic rings. The van der Waals surface area contributed by atoms with Crippen LogP contribution in [0.25, 0.3) is 11.0 Å². The summed E-state index contributed by atoms with van der Waals surface area (Å²) in [5.41, 5.74) is -0.117. The van der Waals surface area contributed by atoms with Gasteiger partial charge in [-0.3, -0.25) is 14.9 Å². The topological polar surface area (TPSA) is 90.1 Å². The number of fused-ring (bicyclic) bond motifs is 1. The molecule has 0 saturated heterocycles. The second-order valence-corrected chi connectivity index (χ2v) is 7.62. The van der Waals surface area contributed by atoms with Crippen molar-refractivity contribution in [2.45, 2.75) is 6.54 Å². The third kappa shape index (κ3) is 4.12. The number of nitrogens with one attached hydrogen (secondary N) is 1. The van der Waals surface area contributed by atoms with E-state index in [1.807, 2.05) is 0 Å². The maximum absolute atomic E-state index is 14.0. The van der Waals surface area contributed by atoms with Gasteiger partial charge in [-0.1, -0.05) is 35.3 Å². The summed E-state index contributed by atoms with van der Waals surface area (Å²) in [4.78, 5) is 27.6. The summed E-state index contributed by atoms with van der Waals surface area (Å²) in [5.74, 6) is -2.78. The van der Waals surface area contributed by atoms with Crippen molar-refractivity contribution in [2.75, 3.05) is 5.32 Å². The van der Waals surface area contributed by atoms with Crippen molar-refractivity contribution < 1.29 is 18.5 Å². The normalized spacial score (nSPS) is 11.0. The number of para-hydroxylation sites is 1. The molecule has 0 atom stereocenters. The Bertz CT molecular complexity index is 1370. The minimum absolute atomic E-state index is 0.0519. The molecule has 0 aliphatic carbocycles. The summed E-state index contributed by atoms with van der Waals surface area (Å²) in [7, 11) is 0. The van der Waals surface area contributed by atoms with Crippen molar-refractivity contribution in [3.05, 3.63) is 97.8 Å². The lowest BCUT2D eigenvalue weighted by Gasteiger charge is -2.07. The van der Waals surface area contributed by atoms with Gasteiger partial charge in [0.05, 0.1) is 17.0 Å². The molecule has 1 N–H and O–H groups in total. The van der Waals surface area contributed by atoms with Crippen molar-refractivity contribution >= 4 is 51.5 Å². The van der Waals surface area contributed by atoms with Crippen molar-refractivity contribution in [1.82, 2.24) is 9.55 Å². The van der Waals surface area contributed by atoms with E-state index in [0.717, 1.165) is 24.4 Å². The Morgan fingerprint density at radius 1 is 1.16 bits per heavy atom. The van der Waals surface area contributed by atoms with Gasteiger partial charge in [-0.25, -0.2) is 13.8 Å². The molecule has 7 nitrogen and oxygen atoms in total. The molecule has 4 rings (SSSR count). The standard InChI is InChI=1S/C21H12Cl2F2N4O3/c22-12-5-4-11(16(23)6-12)9-28-10-15(14-7-13(29(31)32)8-26-20(14)28)21(30)27-19-17(24)2-1-3-18(19)25/h1-8,10H,9H2,(H,27,30). The predicted molar refractivity (Wildman–Crippen MR) is 116 cm³/mol. The number of nitro groups is 1. The maximum atomic E-state index is 14.0. The van der Waals surface area contributed by atoms with E-state index in [2.05, 4.69) is 10.3 Å². The number of halogens is 4. The number of nitrogens with zero attached hydrogens (tertiary/aromatic N) is 3. The average molecular weight is 477 g/mol. The van der Waals surface area contributed by atoms with Gasteiger partial charge < -0.3 is 9.88 Å². The molecule has 162 valence electrons. The second kappa shape index (κ2) is 8.52. The molecule has 1 amide bonds. The highest BCUT2D eigenvalue weighted by molar-refractivity contribution is 6.35. The van der Waals surface area contributed by atoms with Crippen molar-refractivity contribution in [1.29, 1.82) is 0 Å². The fraction of sp³-hybridized carbons (Fsp3) is 0.0476. The fourth-order valence-electron chi connectivity index (χ4n) is 3.19. The number of benzene rings is 2. The van der Waals surface area contributed by atoms with Crippen LogP contribution in [0.1, 0.15) is 15.9 Å². The van der Waals surface area contributed by atoms with Crippen LogP contribution in [0.2, 0.25) is 10.0 Å². The van der Waals surface area contributed by atoms with Crippen LogP contribution in [0.5, 0.6) is 0 Å². The largest absolute Gasteiger partial charge is 0.327 e. The lowest BCUT2D eigenvalue weighted by Crippen LogP contribution is -2.14. The minimum atomic E-state index is -0.959. The zero-order valence-corrected chi connectivity index (χ0v) is 17.5. The van der Waals surface area contributed by atoms with Crippen LogP contribution >= 0.6 is 23.2 Å². The Morgan fingerprint density at radius 2 is 1.88 bits per heavy atom. The quantitative estimate of drug-likeness (QED) is 0.289. The van der Waals surface area contributed by atoms with Crippen LogP contribution in [0.3, 0.4) is 0 Å². The Balaban J connectivity index is 1.81. The summed E-state index contributed by atoms with van der Waals surface area (Å²) < 4.78 is 29.5. The number of hydrogen-bond acceptors (Lipinski definition) is 4. The molecular weight excluding hydrogens is 465 g/mol. The SMILES string of the molecule is O=C(Nc1c(F)cccc1F)c1cn(Cc2ccc(Cl)cc2Cl)c2ncc([N+](=O)[O-])cc12. The molecular formula is C21H12Cl2F2N4O3. The first-order valence-electron chi connectivity index (χ1n) is 9.07. The molecule has 2 aromatic heterocycles. The summed E-state index contributed by atoms with van der Waals surface area (Å²) in [5, 5.41) is 14.4. The lowest BCUT2D eigenvalue weighted by molar-refractivity contribution is -0.385. The molecule has 0 saturated carbocycles. The van der Waals surface area contributed by atoms with Crippen molar-refractivity contribution in [2.24, 2.45) is 0 Å². The van der Waals surface area contributed by atoms with Crippen molar-refractivity contribution in [3.63, 3.8) is 0 Å². The second-order valence-electron chi connectivity index (χ2n) is 6.78. The van der Waals surface area contributed by atoms with Gasteiger partial charge in [-0.05, 0) is 29.8 Å². The van der Waals surface area contributed by atoms with Crippen LogP contribution < -0.4 is 5.32 Å². The van der Waals surface area contributed by atoms with Gasteiger partial charge in [0, 0.05) is 27.7 Å².